The molecule has 0 fully saturated rings. The number of unbranched alkanes of at least 4 members (excludes halogenated alkanes) is 2. The van der Waals surface area contributed by atoms with E-state index in [1.807, 2.05) is 36.4 Å². The van der Waals surface area contributed by atoms with E-state index in [0.717, 1.165) is 48.1 Å². The van der Waals surface area contributed by atoms with Crippen molar-refractivity contribution in [2.24, 2.45) is 0 Å². The van der Waals surface area contributed by atoms with Gasteiger partial charge in [0.1, 0.15) is 17.2 Å². The fourth-order valence-electron chi connectivity index (χ4n) is 4.55. The summed E-state index contributed by atoms with van der Waals surface area (Å²) in [5, 5.41) is 0. The van der Waals surface area contributed by atoms with Crippen LogP contribution in [-0.4, -0.2) is 53.8 Å². The fraction of sp³-hybridized carbons (Fsp3) is 0.406. The zero-order chi connectivity index (χ0) is 32.7. The first kappa shape index (κ1) is 38.6. The summed E-state index contributed by atoms with van der Waals surface area (Å²) in [6.45, 7) is 0.532. The van der Waals surface area contributed by atoms with Crippen LogP contribution in [0, 0.1) is 0 Å². The highest BCUT2D eigenvalue weighted by atomic mass is 31.2. The number of benzene rings is 3. The number of ether oxygens (including phenoxy) is 3. The Bertz CT molecular complexity index is 1370. The Morgan fingerprint density at radius 2 is 1.43 bits per heavy atom. The first-order valence-electron chi connectivity index (χ1n) is 14.6. The van der Waals surface area contributed by atoms with Crippen molar-refractivity contribution in [3.63, 3.8) is 0 Å². The van der Waals surface area contributed by atoms with E-state index < -0.39 is 14.2 Å². The molecule has 0 atom stereocenters. The molecule has 0 radical (unpaired) electrons. The predicted molar refractivity (Wildman–Crippen MR) is 167 cm³/mol. The third-order valence-corrected chi connectivity index (χ3v) is 7.31. The average Bonchev–Trinajstić information content (AvgIpc) is 2.98. The number of rotatable bonds is 19. The van der Waals surface area contributed by atoms with Gasteiger partial charge in [-0.15, -0.1) is 13.2 Å². The maximum absolute atomic E-state index is 13.0. The number of alkyl halides is 3. The van der Waals surface area contributed by atoms with E-state index in [1.54, 1.807) is 31.4 Å². The fourth-order valence-corrected chi connectivity index (χ4v) is 4.87. The van der Waals surface area contributed by atoms with Crippen LogP contribution in [0.1, 0.15) is 48.8 Å². The second-order valence-electron chi connectivity index (χ2n) is 10.3. The standard InChI is InChI=1S/C32H39F3NO8P.H3N/c1-41-28-16-14-27(15-17-28)24-36(20-22-43-45(38,39)40)31(37)11-3-2-8-26-9-6-10-30(23-26)42-21-5-4-7-25-12-18-29(19-13-25)44-32(33,34)35;/h6,9-10,12-19,23H,2-5,7-8,11,20-22,24H2,1H3,(H2,38,39,40);1H3. The molecule has 0 aliphatic carbocycles. The monoisotopic (exact) mass is 670 g/mol. The molecule has 0 spiro atoms. The normalized spacial score (nSPS) is 11.4. The lowest BCUT2D eigenvalue weighted by molar-refractivity contribution is -0.274. The van der Waals surface area contributed by atoms with E-state index in [2.05, 4.69) is 9.26 Å². The van der Waals surface area contributed by atoms with E-state index in [1.165, 1.54) is 17.0 Å². The molecule has 0 saturated carbocycles. The SMILES string of the molecule is COc1ccc(CN(CCOP(=O)(O)O)C(=O)CCCCc2cccc(OCCCCc3ccc(OC(F)(F)F)cc3)c2)cc1.N. The summed E-state index contributed by atoms with van der Waals surface area (Å²) in [7, 11) is -3.08. The zero-order valence-corrected chi connectivity index (χ0v) is 26.7. The van der Waals surface area contributed by atoms with Gasteiger partial charge in [0, 0.05) is 19.5 Å². The smallest absolute Gasteiger partial charge is 0.497 e. The molecule has 3 aromatic rings. The molecular formula is C32H42F3N2O8P. The third-order valence-electron chi connectivity index (χ3n) is 6.80. The lowest BCUT2D eigenvalue weighted by Crippen LogP contribution is -2.33. The van der Waals surface area contributed by atoms with E-state index in [-0.39, 0.29) is 43.9 Å². The van der Waals surface area contributed by atoms with Gasteiger partial charge in [0.05, 0.1) is 20.3 Å². The van der Waals surface area contributed by atoms with E-state index in [0.29, 0.717) is 25.2 Å². The number of hydrogen-bond donors (Lipinski definition) is 3. The van der Waals surface area contributed by atoms with Gasteiger partial charge in [0.2, 0.25) is 5.91 Å². The number of nitrogens with zero attached hydrogens (tertiary/aromatic N) is 1. The van der Waals surface area contributed by atoms with Crippen molar-refractivity contribution in [2.75, 3.05) is 26.9 Å². The van der Waals surface area contributed by atoms with Crippen LogP contribution >= 0.6 is 7.82 Å². The third kappa shape index (κ3) is 15.6. The van der Waals surface area contributed by atoms with Crippen LogP contribution in [0.5, 0.6) is 17.2 Å². The first-order chi connectivity index (χ1) is 21.4. The Kier molecular flexibility index (Phi) is 16.1. The number of carbonyl (C=O) groups is 1. The lowest BCUT2D eigenvalue weighted by atomic mass is 10.1. The molecule has 14 heteroatoms. The van der Waals surface area contributed by atoms with Crippen LogP contribution in [0.3, 0.4) is 0 Å². The topological polar surface area (TPSA) is 150 Å². The minimum Gasteiger partial charge on any atom is -0.497 e. The van der Waals surface area contributed by atoms with Crippen molar-refractivity contribution < 1.29 is 51.1 Å². The number of methoxy groups -OCH3 is 1. The number of phosphoric acid groups is 1. The molecule has 0 heterocycles. The highest BCUT2D eigenvalue weighted by molar-refractivity contribution is 7.46. The van der Waals surface area contributed by atoms with Crippen molar-refractivity contribution in [1.29, 1.82) is 0 Å². The van der Waals surface area contributed by atoms with Crippen LogP contribution in [0.15, 0.2) is 72.8 Å². The number of amides is 1. The Labute approximate surface area is 267 Å². The second-order valence-corrected chi connectivity index (χ2v) is 11.6. The van der Waals surface area contributed by atoms with Gasteiger partial charge >= 0.3 is 14.2 Å². The molecule has 5 N–H and O–H groups in total. The molecular weight excluding hydrogens is 628 g/mol. The van der Waals surface area contributed by atoms with Crippen molar-refractivity contribution in [3.05, 3.63) is 89.5 Å². The molecule has 254 valence electrons. The maximum Gasteiger partial charge on any atom is 0.573 e. The molecule has 10 nitrogen and oxygen atoms in total. The number of phosphoric ester groups is 1. The molecule has 0 aliphatic heterocycles. The van der Waals surface area contributed by atoms with Crippen LogP contribution in [0.25, 0.3) is 0 Å². The van der Waals surface area contributed by atoms with Gasteiger partial charge in [0.15, 0.2) is 0 Å². The second kappa shape index (κ2) is 19.1. The molecule has 46 heavy (non-hydrogen) atoms. The van der Waals surface area contributed by atoms with E-state index in [9.17, 15) is 22.5 Å². The van der Waals surface area contributed by atoms with Gasteiger partial charge in [-0.2, -0.15) is 0 Å². The average molecular weight is 671 g/mol. The minimum atomic E-state index is -4.70. The lowest BCUT2D eigenvalue weighted by Gasteiger charge is -2.23. The Morgan fingerprint density at radius 1 is 0.804 bits per heavy atom. The minimum absolute atomic E-state index is 0. The Balaban J connectivity index is 0.00000736. The van der Waals surface area contributed by atoms with Crippen LogP contribution in [0.4, 0.5) is 13.2 Å². The summed E-state index contributed by atoms with van der Waals surface area (Å²) in [6.07, 6.45) is 0.0172. The molecule has 0 unspecified atom stereocenters. The Hall–Kier alpha value is -3.61. The number of halogens is 3. The molecule has 3 rings (SSSR count). The van der Waals surface area contributed by atoms with Crippen molar-refractivity contribution in [1.82, 2.24) is 11.1 Å². The zero-order valence-electron chi connectivity index (χ0n) is 25.8. The summed E-state index contributed by atoms with van der Waals surface area (Å²) in [5.74, 6) is 1.05. The predicted octanol–water partition coefficient (Wildman–Crippen LogP) is 7.01. The van der Waals surface area contributed by atoms with Crippen molar-refractivity contribution >= 4 is 13.7 Å². The largest absolute Gasteiger partial charge is 0.573 e. The van der Waals surface area contributed by atoms with Crippen LogP contribution in [0.2, 0.25) is 0 Å². The molecule has 0 saturated heterocycles. The van der Waals surface area contributed by atoms with Crippen molar-refractivity contribution in [2.45, 2.75) is 57.9 Å². The van der Waals surface area contributed by atoms with Crippen LogP contribution in [-0.2, 0) is 33.3 Å². The highest BCUT2D eigenvalue weighted by Gasteiger charge is 2.31. The van der Waals surface area contributed by atoms with Gasteiger partial charge in [-0.3, -0.25) is 9.32 Å². The summed E-state index contributed by atoms with van der Waals surface area (Å²) in [6, 6.07) is 20.8. The quantitative estimate of drug-likeness (QED) is 0.0904. The molecule has 0 bridgehead atoms. The number of carbonyl (C=O) groups excluding carboxylic acids is 1. The van der Waals surface area contributed by atoms with Gasteiger partial charge in [-0.25, -0.2) is 4.57 Å². The summed E-state index contributed by atoms with van der Waals surface area (Å²) in [4.78, 5) is 32.5. The number of hydrogen-bond acceptors (Lipinski definition) is 7. The van der Waals surface area contributed by atoms with E-state index >= 15 is 0 Å². The van der Waals surface area contributed by atoms with Gasteiger partial charge in [-0.05, 0) is 91.6 Å². The highest BCUT2D eigenvalue weighted by Crippen LogP contribution is 2.35. The molecule has 0 aliphatic rings. The maximum atomic E-state index is 13.0. The van der Waals surface area contributed by atoms with Gasteiger partial charge in [0.25, 0.3) is 0 Å². The first-order valence-corrected chi connectivity index (χ1v) is 16.1. The summed E-state index contributed by atoms with van der Waals surface area (Å²) >= 11 is 0. The van der Waals surface area contributed by atoms with Gasteiger partial charge in [-0.1, -0.05) is 36.4 Å². The van der Waals surface area contributed by atoms with Crippen molar-refractivity contribution in [3.8, 4) is 17.2 Å². The molecule has 0 aromatic heterocycles. The van der Waals surface area contributed by atoms with Crippen LogP contribution < -0.4 is 20.4 Å². The Morgan fingerprint density at radius 3 is 2.09 bits per heavy atom. The summed E-state index contributed by atoms with van der Waals surface area (Å²) in [5.41, 5.74) is 2.85. The molecule has 1 amide bonds. The van der Waals surface area contributed by atoms with E-state index in [4.69, 9.17) is 19.3 Å². The van der Waals surface area contributed by atoms with Gasteiger partial charge < -0.3 is 35.0 Å². The number of aryl methyl sites for hydroxylation is 2. The summed E-state index contributed by atoms with van der Waals surface area (Å²) < 4.78 is 67.5. The molecule has 3 aromatic carbocycles.